The minimum absolute atomic E-state index is 0.0523. The van der Waals surface area contributed by atoms with Crippen LogP contribution in [0.4, 0.5) is 5.13 Å². The first-order valence-corrected chi connectivity index (χ1v) is 6.22. The van der Waals surface area contributed by atoms with Gasteiger partial charge in [0.25, 0.3) is 5.16 Å². The summed E-state index contributed by atoms with van der Waals surface area (Å²) in [5, 5.41) is 2.33. The Morgan fingerprint density at radius 1 is 1.57 bits per heavy atom. The Morgan fingerprint density at radius 2 is 2.21 bits per heavy atom. The van der Waals surface area contributed by atoms with Crippen LogP contribution in [0, 0.1) is 0 Å². The zero-order valence-electron chi connectivity index (χ0n) is 7.64. The van der Waals surface area contributed by atoms with Crippen molar-refractivity contribution in [2.45, 2.75) is 19.0 Å². The highest BCUT2D eigenvalue weighted by atomic mass is 32.2. The molecule has 1 aromatic rings. The van der Waals surface area contributed by atoms with E-state index in [1.807, 2.05) is 0 Å². The molecule has 0 aliphatic carbocycles. The topological polar surface area (TPSA) is 89.0 Å². The summed E-state index contributed by atoms with van der Waals surface area (Å²) in [4.78, 5) is 14.3. The summed E-state index contributed by atoms with van der Waals surface area (Å²) in [6.07, 6.45) is 0. The van der Waals surface area contributed by atoms with Crippen molar-refractivity contribution < 1.29 is 13.2 Å². The van der Waals surface area contributed by atoms with E-state index in [9.17, 15) is 13.2 Å². The highest BCUT2D eigenvalue weighted by Gasteiger charge is 2.18. The second-order valence-corrected chi connectivity index (χ2v) is 5.39. The van der Waals surface area contributed by atoms with Crippen molar-refractivity contribution in [2.24, 2.45) is 0 Å². The van der Waals surface area contributed by atoms with E-state index in [0.717, 1.165) is 11.5 Å². The van der Waals surface area contributed by atoms with Crippen LogP contribution in [0.5, 0.6) is 0 Å². The van der Waals surface area contributed by atoms with Crippen LogP contribution in [0.3, 0.4) is 0 Å². The largest absolute Gasteiger partial charge is 0.301 e. The fourth-order valence-corrected chi connectivity index (χ4v) is 2.30. The van der Waals surface area contributed by atoms with Gasteiger partial charge in [-0.15, -0.1) is 0 Å². The van der Waals surface area contributed by atoms with Gasteiger partial charge in [-0.1, -0.05) is 6.92 Å². The Bertz CT molecular complexity index is 437. The molecule has 1 heterocycles. The van der Waals surface area contributed by atoms with Crippen molar-refractivity contribution in [1.29, 1.82) is 0 Å². The van der Waals surface area contributed by atoms with E-state index in [4.69, 9.17) is 0 Å². The fraction of sp³-hybridized carbons (Fsp3) is 0.500. The Labute approximate surface area is 85.4 Å². The Hall–Kier alpha value is -1.02. The summed E-state index contributed by atoms with van der Waals surface area (Å²) in [6.45, 7) is 2.82. The lowest BCUT2D eigenvalue weighted by molar-refractivity contribution is -0.114. The van der Waals surface area contributed by atoms with E-state index in [0.29, 0.717) is 0 Å². The summed E-state index contributed by atoms with van der Waals surface area (Å²) in [5.74, 6) is -0.356. The number of nitrogens with one attached hydrogen (secondary N) is 1. The van der Waals surface area contributed by atoms with Gasteiger partial charge in [-0.3, -0.25) is 4.79 Å². The van der Waals surface area contributed by atoms with Crippen LogP contribution in [-0.2, 0) is 14.6 Å². The third kappa shape index (κ3) is 2.48. The van der Waals surface area contributed by atoms with Crippen LogP contribution >= 0.6 is 11.5 Å². The predicted octanol–water partition coefficient (Wildman–Crippen LogP) is 0.290. The molecule has 1 N–H and O–H groups in total. The normalized spacial score (nSPS) is 11.3. The lowest BCUT2D eigenvalue weighted by Gasteiger charge is -1.93. The summed E-state index contributed by atoms with van der Waals surface area (Å²) >= 11 is 0.848. The number of amides is 1. The lowest BCUT2D eigenvalue weighted by atomic mass is 10.7. The van der Waals surface area contributed by atoms with Crippen LogP contribution in [0.25, 0.3) is 0 Å². The maximum Gasteiger partial charge on any atom is 0.260 e. The van der Waals surface area contributed by atoms with Gasteiger partial charge in [0.05, 0.1) is 5.75 Å². The smallest absolute Gasteiger partial charge is 0.260 e. The van der Waals surface area contributed by atoms with E-state index in [-0.39, 0.29) is 21.9 Å². The minimum atomic E-state index is -3.38. The van der Waals surface area contributed by atoms with Crippen LogP contribution < -0.4 is 5.32 Å². The molecule has 1 amide bonds. The molecule has 0 radical (unpaired) electrons. The van der Waals surface area contributed by atoms with Crippen molar-refractivity contribution in [2.75, 3.05) is 11.1 Å². The first-order chi connectivity index (χ1) is 6.45. The van der Waals surface area contributed by atoms with Crippen molar-refractivity contribution in [3.63, 3.8) is 0 Å². The number of hydrogen-bond acceptors (Lipinski definition) is 6. The number of hydrogen-bond donors (Lipinski definition) is 1. The standard InChI is InChI=1S/C6H9N3O3S2/c1-3-14(11,12)6-8-5(13-9-6)7-4(2)10/h3H2,1-2H3,(H,7,8,9,10). The van der Waals surface area contributed by atoms with Crippen LogP contribution in [0.2, 0.25) is 0 Å². The molecule has 1 aromatic heterocycles. The molecule has 0 fully saturated rings. The average molecular weight is 235 g/mol. The summed E-state index contributed by atoms with van der Waals surface area (Å²) in [6, 6.07) is 0. The molecule has 0 bridgehead atoms. The van der Waals surface area contributed by atoms with Gasteiger partial charge in [-0.05, 0) is 0 Å². The van der Waals surface area contributed by atoms with E-state index < -0.39 is 9.84 Å². The molecule has 1 rings (SSSR count). The molecule has 0 saturated heterocycles. The molecule has 14 heavy (non-hydrogen) atoms. The SMILES string of the molecule is CCS(=O)(=O)c1nsc(NC(C)=O)n1. The van der Waals surface area contributed by atoms with E-state index >= 15 is 0 Å². The Kier molecular flexibility index (Phi) is 3.17. The Balaban J connectivity index is 2.94. The molecule has 0 aromatic carbocycles. The number of aromatic nitrogens is 2. The number of sulfone groups is 1. The second kappa shape index (κ2) is 4.01. The van der Waals surface area contributed by atoms with Crippen LogP contribution in [0.15, 0.2) is 5.16 Å². The first-order valence-electron chi connectivity index (χ1n) is 3.79. The second-order valence-electron chi connectivity index (χ2n) is 2.47. The number of rotatable bonds is 3. The number of nitrogens with zero attached hydrogens (tertiary/aromatic N) is 2. The van der Waals surface area contributed by atoms with Gasteiger partial charge in [0.1, 0.15) is 0 Å². The highest BCUT2D eigenvalue weighted by Crippen LogP contribution is 2.15. The first kappa shape index (κ1) is 11.1. The average Bonchev–Trinajstić information content (AvgIpc) is 2.52. The predicted molar refractivity (Wildman–Crippen MR) is 51.9 cm³/mol. The van der Waals surface area contributed by atoms with Crippen molar-refractivity contribution in [3.8, 4) is 0 Å². The van der Waals surface area contributed by atoms with Gasteiger partial charge in [0.15, 0.2) is 0 Å². The van der Waals surface area contributed by atoms with E-state index in [2.05, 4.69) is 14.7 Å². The lowest BCUT2D eigenvalue weighted by Crippen LogP contribution is -2.08. The molecular formula is C6H9N3O3S2. The molecule has 0 atom stereocenters. The molecule has 8 heteroatoms. The molecule has 0 saturated carbocycles. The number of carbonyl (C=O) groups excluding carboxylic acids is 1. The summed E-state index contributed by atoms with van der Waals surface area (Å²) in [7, 11) is -3.38. The Morgan fingerprint density at radius 3 is 2.71 bits per heavy atom. The van der Waals surface area contributed by atoms with Gasteiger partial charge in [0, 0.05) is 18.5 Å². The summed E-state index contributed by atoms with van der Waals surface area (Å²) in [5.41, 5.74) is 0. The fourth-order valence-electron chi connectivity index (χ4n) is 0.667. The van der Waals surface area contributed by atoms with E-state index in [1.165, 1.54) is 13.8 Å². The van der Waals surface area contributed by atoms with Gasteiger partial charge >= 0.3 is 0 Å². The molecule has 0 unspecified atom stereocenters. The zero-order chi connectivity index (χ0) is 10.8. The molecule has 78 valence electrons. The van der Waals surface area contributed by atoms with E-state index in [1.54, 1.807) is 0 Å². The zero-order valence-corrected chi connectivity index (χ0v) is 9.28. The minimum Gasteiger partial charge on any atom is -0.301 e. The van der Waals surface area contributed by atoms with Crippen LogP contribution in [0.1, 0.15) is 13.8 Å². The molecule has 0 spiro atoms. The molecule has 6 nitrogen and oxygen atoms in total. The number of anilines is 1. The maximum absolute atomic E-state index is 11.3. The van der Waals surface area contributed by atoms with Gasteiger partial charge in [-0.25, -0.2) is 8.42 Å². The number of carbonyl (C=O) groups is 1. The van der Waals surface area contributed by atoms with Crippen molar-refractivity contribution in [1.82, 2.24) is 9.36 Å². The third-order valence-electron chi connectivity index (χ3n) is 1.35. The van der Waals surface area contributed by atoms with Crippen molar-refractivity contribution in [3.05, 3.63) is 0 Å². The molecule has 0 aliphatic heterocycles. The quantitative estimate of drug-likeness (QED) is 0.813. The van der Waals surface area contributed by atoms with Gasteiger partial charge < -0.3 is 5.32 Å². The monoisotopic (exact) mass is 235 g/mol. The van der Waals surface area contributed by atoms with Crippen LogP contribution in [-0.4, -0.2) is 29.4 Å². The highest BCUT2D eigenvalue weighted by molar-refractivity contribution is 7.91. The summed E-state index contributed by atoms with van der Waals surface area (Å²) < 4.78 is 26.2. The van der Waals surface area contributed by atoms with Crippen molar-refractivity contribution >= 4 is 32.4 Å². The molecular weight excluding hydrogens is 226 g/mol. The van der Waals surface area contributed by atoms with Gasteiger partial charge in [-0.2, -0.15) is 9.36 Å². The molecule has 0 aliphatic rings. The maximum atomic E-state index is 11.3. The van der Waals surface area contributed by atoms with Gasteiger partial charge in [0.2, 0.25) is 20.9 Å². The third-order valence-corrected chi connectivity index (χ3v) is 3.59.